The molecule has 0 saturated carbocycles. The fourth-order valence-corrected chi connectivity index (χ4v) is 1.58. The number of hydrogen-bond acceptors (Lipinski definition) is 4. The summed E-state index contributed by atoms with van der Waals surface area (Å²) in [6.45, 7) is 0. The van der Waals surface area contributed by atoms with Crippen molar-refractivity contribution in [1.82, 2.24) is 19.7 Å². The smallest absolute Gasteiger partial charge is 0.348 e. The Morgan fingerprint density at radius 2 is 2.36 bits per heavy atom. The van der Waals surface area contributed by atoms with Crippen LogP contribution in [0.2, 0.25) is 0 Å². The summed E-state index contributed by atoms with van der Waals surface area (Å²) < 4.78 is 1.92. The highest BCUT2D eigenvalue weighted by atomic mass is 79.9. The zero-order valence-corrected chi connectivity index (χ0v) is 8.52. The molecule has 0 aromatic carbocycles. The monoisotopic (exact) mass is 255 g/mol. The van der Waals surface area contributed by atoms with Gasteiger partial charge in [-0.15, -0.1) is 0 Å². The van der Waals surface area contributed by atoms with E-state index < -0.39 is 0 Å². The largest absolute Gasteiger partial charge is 0.397 e. The van der Waals surface area contributed by atoms with E-state index in [1.165, 1.54) is 17.1 Å². The summed E-state index contributed by atoms with van der Waals surface area (Å²) in [6.07, 6.45) is 2.82. The summed E-state index contributed by atoms with van der Waals surface area (Å²) in [4.78, 5) is 15.2. The first-order valence-corrected chi connectivity index (χ1v) is 4.51. The van der Waals surface area contributed by atoms with Crippen LogP contribution in [0.3, 0.4) is 0 Å². The number of nitrogen functional groups attached to an aromatic ring is 1. The van der Waals surface area contributed by atoms with Gasteiger partial charge in [0.1, 0.15) is 6.33 Å². The summed E-state index contributed by atoms with van der Waals surface area (Å²) in [5, 5.41) is 5.87. The van der Waals surface area contributed by atoms with Crippen molar-refractivity contribution in [2.75, 3.05) is 5.73 Å². The van der Waals surface area contributed by atoms with Crippen molar-refractivity contribution in [1.29, 1.82) is 0 Å². The second kappa shape index (κ2) is 3.26. The van der Waals surface area contributed by atoms with Gasteiger partial charge in [-0.1, -0.05) is 0 Å². The predicted molar refractivity (Wildman–Crippen MR) is 54.1 cm³/mol. The molecule has 3 N–H and O–H groups in total. The Bertz CT molecular complexity index is 517. The molecule has 2 aromatic heterocycles. The summed E-state index contributed by atoms with van der Waals surface area (Å²) in [6, 6.07) is 1.67. The molecule has 0 fully saturated rings. The predicted octanol–water partition coefficient (Wildman–Crippen LogP) is 0.300. The molecule has 7 heteroatoms. The molecule has 2 aromatic rings. The van der Waals surface area contributed by atoms with Crippen molar-refractivity contribution in [3.05, 3.63) is 33.5 Å². The van der Waals surface area contributed by atoms with Gasteiger partial charge in [-0.2, -0.15) is 5.10 Å². The van der Waals surface area contributed by atoms with Crippen molar-refractivity contribution in [2.45, 2.75) is 0 Å². The van der Waals surface area contributed by atoms with E-state index in [2.05, 4.69) is 31.1 Å². The number of nitrogens with zero attached hydrogens (tertiary/aromatic N) is 3. The van der Waals surface area contributed by atoms with Crippen LogP contribution in [0.4, 0.5) is 5.69 Å². The average Bonchev–Trinajstić information content (AvgIpc) is 2.52. The van der Waals surface area contributed by atoms with E-state index in [9.17, 15) is 4.79 Å². The summed E-state index contributed by atoms with van der Waals surface area (Å²) in [7, 11) is 0. The highest BCUT2D eigenvalue weighted by Crippen LogP contribution is 2.19. The van der Waals surface area contributed by atoms with E-state index in [-0.39, 0.29) is 5.69 Å². The lowest BCUT2D eigenvalue weighted by molar-refractivity contribution is 0.934. The fraction of sp³-hybridized carbons (Fsp3) is 0. The molecule has 0 aliphatic heterocycles. The van der Waals surface area contributed by atoms with Gasteiger partial charge in [-0.25, -0.2) is 19.4 Å². The third-order valence-electron chi connectivity index (χ3n) is 1.62. The molecular formula is C7H6BrN5O. The number of pyridine rings is 1. The molecule has 2 rings (SSSR count). The number of anilines is 1. The van der Waals surface area contributed by atoms with E-state index in [0.717, 1.165) is 0 Å². The van der Waals surface area contributed by atoms with E-state index in [0.29, 0.717) is 16.0 Å². The third kappa shape index (κ3) is 1.41. The molecule has 6 nitrogen and oxygen atoms in total. The quantitative estimate of drug-likeness (QED) is 0.767. The van der Waals surface area contributed by atoms with Gasteiger partial charge >= 0.3 is 5.69 Å². The number of hydrogen-bond donors (Lipinski definition) is 2. The molecule has 0 bridgehead atoms. The minimum atomic E-state index is -0.344. The lowest BCUT2D eigenvalue weighted by atomic mass is 10.4. The minimum absolute atomic E-state index is 0.344. The van der Waals surface area contributed by atoms with Gasteiger partial charge in [-0.05, 0) is 22.0 Å². The van der Waals surface area contributed by atoms with Crippen LogP contribution in [0.25, 0.3) is 5.82 Å². The zero-order valence-electron chi connectivity index (χ0n) is 6.94. The van der Waals surface area contributed by atoms with Gasteiger partial charge in [-0.3, -0.25) is 0 Å². The maximum atomic E-state index is 11.2. The Morgan fingerprint density at radius 3 is 2.93 bits per heavy atom. The van der Waals surface area contributed by atoms with Crippen molar-refractivity contribution in [3.63, 3.8) is 0 Å². The van der Waals surface area contributed by atoms with Crippen molar-refractivity contribution in [2.24, 2.45) is 0 Å². The van der Waals surface area contributed by atoms with Crippen LogP contribution in [0.15, 0.2) is 27.9 Å². The molecule has 0 aliphatic rings. The van der Waals surface area contributed by atoms with Crippen molar-refractivity contribution in [3.8, 4) is 5.82 Å². The highest BCUT2D eigenvalue weighted by Gasteiger charge is 2.06. The van der Waals surface area contributed by atoms with Crippen molar-refractivity contribution >= 4 is 21.6 Å². The number of H-pyrrole nitrogens is 1. The van der Waals surface area contributed by atoms with Crippen LogP contribution in [0.5, 0.6) is 0 Å². The van der Waals surface area contributed by atoms with E-state index in [4.69, 9.17) is 5.73 Å². The summed E-state index contributed by atoms with van der Waals surface area (Å²) in [5.74, 6) is 0.456. The van der Waals surface area contributed by atoms with Gasteiger partial charge in [0.25, 0.3) is 0 Å². The van der Waals surface area contributed by atoms with Crippen LogP contribution in [-0.2, 0) is 0 Å². The first-order valence-electron chi connectivity index (χ1n) is 3.72. The SMILES string of the molecule is Nc1cnc(-n2cn[nH]c2=O)c(Br)c1. The molecule has 0 radical (unpaired) electrons. The lowest BCUT2D eigenvalue weighted by Gasteiger charge is -2.02. The molecule has 0 amide bonds. The summed E-state index contributed by atoms with van der Waals surface area (Å²) >= 11 is 3.26. The fourth-order valence-electron chi connectivity index (χ4n) is 1.02. The second-order valence-electron chi connectivity index (χ2n) is 2.61. The normalized spacial score (nSPS) is 10.4. The number of nitrogens with two attached hydrogens (primary N) is 1. The van der Waals surface area contributed by atoms with E-state index in [1.807, 2.05) is 0 Å². The molecular weight excluding hydrogens is 250 g/mol. The molecule has 0 atom stereocenters. The van der Waals surface area contributed by atoms with E-state index in [1.54, 1.807) is 6.07 Å². The Balaban J connectivity index is 2.63. The molecule has 0 spiro atoms. The van der Waals surface area contributed by atoms with Gasteiger partial charge in [0.2, 0.25) is 0 Å². The molecule has 0 saturated heterocycles. The molecule has 14 heavy (non-hydrogen) atoms. The van der Waals surface area contributed by atoms with E-state index >= 15 is 0 Å². The van der Waals surface area contributed by atoms with Crippen LogP contribution in [-0.4, -0.2) is 19.7 Å². The maximum absolute atomic E-state index is 11.2. The Morgan fingerprint density at radius 1 is 1.57 bits per heavy atom. The van der Waals surface area contributed by atoms with Crippen molar-refractivity contribution < 1.29 is 0 Å². The van der Waals surface area contributed by atoms with Crippen LogP contribution in [0.1, 0.15) is 0 Å². The molecule has 72 valence electrons. The van der Waals surface area contributed by atoms with Crippen LogP contribution in [0, 0.1) is 0 Å². The number of rotatable bonds is 1. The Hall–Kier alpha value is -1.63. The zero-order chi connectivity index (χ0) is 10.1. The van der Waals surface area contributed by atoms with Gasteiger partial charge in [0.15, 0.2) is 5.82 Å². The average molecular weight is 256 g/mol. The molecule has 0 unspecified atom stereocenters. The summed E-state index contributed by atoms with van der Waals surface area (Å²) in [5.41, 5.74) is 5.70. The number of halogens is 1. The molecule has 0 aliphatic carbocycles. The standard InChI is InChI=1S/C7H6BrN5O/c8-5-1-4(9)2-10-6(5)13-3-11-12-7(13)14/h1-3H,9H2,(H,12,14). The number of nitrogens with one attached hydrogen (secondary N) is 1. The van der Waals surface area contributed by atoms with Crippen LogP contribution < -0.4 is 11.4 Å². The van der Waals surface area contributed by atoms with Gasteiger partial charge in [0.05, 0.1) is 16.4 Å². The Labute approximate surface area is 86.9 Å². The number of aromatic nitrogens is 4. The third-order valence-corrected chi connectivity index (χ3v) is 2.21. The first-order chi connectivity index (χ1) is 6.68. The van der Waals surface area contributed by atoms with Gasteiger partial charge < -0.3 is 5.73 Å². The topological polar surface area (TPSA) is 89.6 Å². The maximum Gasteiger partial charge on any atom is 0.348 e. The number of aromatic amines is 1. The first kappa shape index (κ1) is 8.95. The minimum Gasteiger partial charge on any atom is -0.397 e. The molecule has 2 heterocycles. The second-order valence-corrected chi connectivity index (χ2v) is 3.46. The lowest BCUT2D eigenvalue weighted by Crippen LogP contribution is -2.15. The highest BCUT2D eigenvalue weighted by molar-refractivity contribution is 9.10. The Kier molecular flexibility index (Phi) is 2.08. The van der Waals surface area contributed by atoms with Crippen LogP contribution >= 0.6 is 15.9 Å². The van der Waals surface area contributed by atoms with Gasteiger partial charge in [0, 0.05) is 0 Å².